The van der Waals surface area contributed by atoms with Gasteiger partial charge in [0.05, 0.1) is 18.1 Å². The van der Waals surface area contributed by atoms with Gasteiger partial charge in [0.1, 0.15) is 6.04 Å². The number of hydrogen-bond donors (Lipinski definition) is 3. The molecule has 0 saturated carbocycles. The minimum Gasteiger partial charge on any atom is -0.351 e. The molecule has 0 aliphatic carbocycles. The molecule has 4 N–H and O–H groups in total. The number of carbonyl (C=O) groups is 1. The highest BCUT2D eigenvalue weighted by atomic mass is 16.2. The van der Waals surface area contributed by atoms with E-state index >= 15 is 0 Å². The molecule has 0 unspecified atom stereocenters. The van der Waals surface area contributed by atoms with Gasteiger partial charge in [-0.2, -0.15) is 0 Å². The van der Waals surface area contributed by atoms with Crippen molar-refractivity contribution in [2.24, 2.45) is 5.73 Å². The van der Waals surface area contributed by atoms with Gasteiger partial charge in [0, 0.05) is 12.6 Å². The molecular weight excluding hydrogens is 268 g/mol. The van der Waals surface area contributed by atoms with E-state index in [4.69, 9.17) is 5.73 Å². The molecule has 0 bridgehead atoms. The maximum Gasteiger partial charge on any atom is 0.237 e. The Morgan fingerprint density at radius 3 is 2.71 bits per heavy atom. The topological polar surface area (TPSA) is 101 Å². The van der Waals surface area contributed by atoms with Crippen LogP contribution in [0.1, 0.15) is 11.3 Å². The van der Waals surface area contributed by atoms with Gasteiger partial charge in [0.15, 0.2) is 0 Å². The molecule has 1 amide bonds. The van der Waals surface area contributed by atoms with Crippen LogP contribution in [0.2, 0.25) is 0 Å². The van der Waals surface area contributed by atoms with E-state index in [2.05, 4.69) is 15.3 Å². The standard InChI is InChI=1S/C15H17N4O2/c16-14(6-11-4-2-1-3-5-11)15(21)19-13(9-20)7-12-8-17-10-18-12/h1-5,8,10,13-14H,6-7,16H2,(H,17,18)(H,19,21)/t13-,14-/m0/s1. The Morgan fingerprint density at radius 1 is 1.33 bits per heavy atom. The van der Waals surface area contributed by atoms with E-state index < -0.39 is 12.1 Å². The lowest BCUT2D eigenvalue weighted by atomic mass is 10.1. The number of benzene rings is 1. The number of aromatic amines is 1. The first kappa shape index (κ1) is 14.9. The first-order valence-corrected chi connectivity index (χ1v) is 6.64. The fourth-order valence-corrected chi connectivity index (χ4v) is 1.97. The summed E-state index contributed by atoms with van der Waals surface area (Å²) in [6, 6.07) is 8.03. The second kappa shape index (κ2) is 7.35. The number of amides is 1. The third-order valence-electron chi connectivity index (χ3n) is 3.06. The van der Waals surface area contributed by atoms with Gasteiger partial charge in [0.25, 0.3) is 0 Å². The third-order valence-corrected chi connectivity index (χ3v) is 3.06. The van der Waals surface area contributed by atoms with E-state index in [-0.39, 0.29) is 12.3 Å². The minimum atomic E-state index is -0.748. The molecule has 1 aromatic heterocycles. The zero-order chi connectivity index (χ0) is 15.1. The Kier molecular flexibility index (Phi) is 5.22. The smallest absolute Gasteiger partial charge is 0.237 e. The van der Waals surface area contributed by atoms with Gasteiger partial charge in [-0.3, -0.25) is 9.59 Å². The van der Waals surface area contributed by atoms with E-state index in [0.717, 1.165) is 5.56 Å². The Balaban J connectivity index is 1.88. The maximum atomic E-state index is 12.0. The van der Waals surface area contributed by atoms with Gasteiger partial charge in [-0.15, -0.1) is 0 Å². The van der Waals surface area contributed by atoms with Crippen molar-refractivity contribution in [3.05, 3.63) is 54.1 Å². The Morgan fingerprint density at radius 2 is 2.10 bits per heavy atom. The van der Waals surface area contributed by atoms with Crippen LogP contribution in [-0.2, 0) is 22.4 Å². The van der Waals surface area contributed by atoms with Crippen molar-refractivity contribution in [1.29, 1.82) is 0 Å². The number of imidazole rings is 1. The van der Waals surface area contributed by atoms with Crippen LogP contribution in [0.5, 0.6) is 0 Å². The predicted octanol–water partition coefficient (Wildman–Crippen LogP) is 0.117. The van der Waals surface area contributed by atoms with Crippen LogP contribution in [0.15, 0.2) is 42.9 Å². The summed E-state index contributed by atoms with van der Waals surface area (Å²) in [5.41, 5.74) is 7.51. The number of nitrogens with one attached hydrogen (secondary N) is 2. The van der Waals surface area contributed by atoms with Gasteiger partial charge >= 0.3 is 0 Å². The van der Waals surface area contributed by atoms with Gasteiger partial charge in [0.2, 0.25) is 12.2 Å². The fraction of sp³-hybridized carbons (Fsp3) is 0.267. The van der Waals surface area contributed by atoms with Crippen molar-refractivity contribution in [3.63, 3.8) is 0 Å². The lowest BCUT2D eigenvalue weighted by Gasteiger charge is -2.15. The summed E-state index contributed by atoms with van der Waals surface area (Å²) in [7, 11) is 0. The van der Waals surface area contributed by atoms with Gasteiger partial charge < -0.3 is 16.0 Å². The highest BCUT2D eigenvalue weighted by Crippen LogP contribution is 2.03. The van der Waals surface area contributed by atoms with Crippen LogP contribution in [0.3, 0.4) is 0 Å². The molecule has 2 atom stereocenters. The number of carbonyl (C=O) groups excluding carboxylic acids is 2. The molecule has 0 aliphatic heterocycles. The van der Waals surface area contributed by atoms with E-state index in [0.29, 0.717) is 12.1 Å². The van der Waals surface area contributed by atoms with E-state index in [1.54, 1.807) is 12.5 Å². The van der Waals surface area contributed by atoms with Crippen molar-refractivity contribution < 1.29 is 9.59 Å². The molecule has 1 heterocycles. The summed E-state index contributed by atoms with van der Waals surface area (Å²) < 4.78 is 0. The quantitative estimate of drug-likeness (QED) is 0.672. The molecule has 2 aromatic rings. The maximum absolute atomic E-state index is 12.0. The van der Waals surface area contributed by atoms with Gasteiger partial charge in [-0.05, 0) is 12.0 Å². The molecule has 21 heavy (non-hydrogen) atoms. The Hall–Kier alpha value is -2.47. The summed E-state index contributed by atoms with van der Waals surface area (Å²) in [5, 5.41) is 2.58. The number of hydrogen-bond acceptors (Lipinski definition) is 4. The van der Waals surface area contributed by atoms with Crippen molar-refractivity contribution in [1.82, 2.24) is 15.3 Å². The van der Waals surface area contributed by atoms with Crippen LogP contribution in [0, 0.1) is 0 Å². The second-order valence-corrected chi connectivity index (χ2v) is 4.74. The molecule has 6 nitrogen and oxygen atoms in total. The summed E-state index contributed by atoms with van der Waals surface area (Å²) in [4.78, 5) is 29.7. The lowest BCUT2D eigenvalue weighted by molar-refractivity contribution is -0.122. The predicted molar refractivity (Wildman–Crippen MR) is 78.0 cm³/mol. The Labute approximate surface area is 122 Å². The molecule has 2 rings (SSSR count). The van der Waals surface area contributed by atoms with E-state index in [1.165, 1.54) is 6.33 Å². The van der Waals surface area contributed by atoms with Crippen molar-refractivity contribution in [2.45, 2.75) is 24.9 Å². The SMILES string of the molecule is N[C@@H](Cc1ccccc1)C(=O)N[C@H]([C]=O)Cc1c[nH]cn1. The highest BCUT2D eigenvalue weighted by molar-refractivity contribution is 5.84. The largest absolute Gasteiger partial charge is 0.351 e. The minimum absolute atomic E-state index is 0.288. The summed E-state index contributed by atoms with van der Waals surface area (Å²) in [6.45, 7) is 0. The number of aromatic nitrogens is 2. The Bertz CT molecular complexity index is 569. The molecule has 0 spiro atoms. The number of H-pyrrole nitrogens is 1. The molecular formula is C15H17N4O2. The lowest BCUT2D eigenvalue weighted by Crippen LogP contribution is -2.47. The summed E-state index contributed by atoms with van der Waals surface area (Å²) in [5.74, 6) is -0.372. The van der Waals surface area contributed by atoms with Crippen molar-refractivity contribution >= 4 is 12.2 Å². The van der Waals surface area contributed by atoms with Gasteiger partial charge in [-0.25, -0.2) is 4.98 Å². The van der Waals surface area contributed by atoms with Crippen LogP contribution in [0.4, 0.5) is 0 Å². The average Bonchev–Trinajstić information content (AvgIpc) is 3.00. The van der Waals surface area contributed by atoms with Crippen LogP contribution < -0.4 is 11.1 Å². The highest BCUT2D eigenvalue weighted by Gasteiger charge is 2.19. The summed E-state index contributed by atoms with van der Waals surface area (Å²) in [6.07, 6.45) is 5.69. The normalized spacial score (nSPS) is 13.4. The zero-order valence-corrected chi connectivity index (χ0v) is 11.5. The van der Waals surface area contributed by atoms with Crippen LogP contribution >= 0.6 is 0 Å². The van der Waals surface area contributed by atoms with E-state index in [9.17, 15) is 9.59 Å². The first-order chi connectivity index (χ1) is 10.2. The average molecular weight is 285 g/mol. The molecule has 6 heteroatoms. The fourth-order valence-electron chi connectivity index (χ4n) is 1.97. The molecule has 0 aliphatic rings. The zero-order valence-electron chi connectivity index (χ0n) is 11.5. The number of nitrogens with zero attached hydrogens (tertiary/aromatic N) is 1. The van der Waals surface area contributed by atoms with Gasteiger partial charge in [-0.1, -0.05) is 30.3 Å². The molecule has 0 fully saturated rings. The summed E-state index contributed by atoms with van der Waals surface area (Å²) >= 11 is 0. The monoisotopic (exact) mass is 285 g/mol. The van der Waals surface area contributed by atoms with E-state index in [1.807, 2.05) is 30.3 Å². The van der Waals surface area contributed by atoms with Crippen LogP contribution in [-0.4, -0.2) is 34.2 Å². The number of rotatable bonds is 7. The molecule has 1 radical (unpaired) electrons. The van der Waals surface area contributed by atoms with Crippen molar-refractivity contribution in [3.8, 4) is 0 Å². The third kappa shape index (κ3) is 4.54. The molecule has 109 valence electrons. The number of nitrogens with two attached hydrogens (primary N) is 1. The van der Waals surface area contributed by atoms with Crippen molar-refractivity contribution in [2.75, 3.05) is 0 Å². The molecule has 1 aromatic carbocycles. The van der Waals surface area contributed by atoms with Crippen LogP contribution in [0.25, 0.3) is 0 Å². The second-order valence-electron chi connectivity index (χ2n) is 4.74. The first-order valence-electron chi connectivity index (χ1n) is 6.64. The molecule has 0 saturated heterocycles.